The average molecular weight is 587 g/mol. The van der Waals surface area contributed by atoms with E-state index in [4.69, 9.17) is 9.72 Å². The van der Waals surface area contributed by atoms with E-state index in [1.165, 1.54) is 29.2 Å². The van der Waals surface area contributed by atoms with Gasteiger partial charge in [0, 0.05) is 16.5 Å². The van der Waals surface area contributed by atoms with Gasteiger partial charge >= 0.3 is 5.97 Å². The number of ketones is 1. The fourth-order valence-corrected chi connectivity index (χ4v) is 7.63. The lowest BCUT2D eigenvalue weighted by Crippen LogP contribution is -2.40. The van der Waals surface area contributed by atoms with Crippen molar-refractivity contribution in [1.82, 2.24) is 4.98 Å². The maximum atomic E-state index is 13.5. The summed E-state index contributed by atoms with van der Waals surface area (Å²) in [5, 5.41) is 0.585. The van der Waals surface area contributed by atoms with E-state index >= 15 is 0 Å². The molecule has 44 heavy (non-hydrogen) atoms. The number of nitrogens with zero attached hydrogens (tertiary/aromatic N) is 2. The van der Waals surface area contributed by atoms with Gasteiger partial charge in [0.1, 0.15) is 5.82 Å². The van der Waals surface area contributed by atoms with Gasteiger partial charge in [0.25, 0.3) is 0 Å². The highest BCUT2D eigenvalue weighted by Gasteiger charge is 2.67. The number of hydrogen-bond donors (Lipinski definition) is 0. The van der Waals surface area contributed by atoms with E-state index < -0.39 is 24.2 Å². The number of pyridine rings is 1. The molecule has 2 heterocycles. The second-order valence-corrected chi connectivity index (χ2v) is 12.2. The van der Waals surface area contributed by atoms with Crippen LogP contribution >= 0.6 is 0 Å². The number of carbonyl (C=O) groups is 4. The molecule has 9 rings (SSSR count). The Morgan fingerprint density at radius 3 is 2.23 bits per heavy atom. The number of para-hydroxylation sites is 1. The first kappa shape index (κ1) is 26.6. The molecule has 1 saturated heterocycles. The maximum absolute atomic E-state index is 13.5. The predicted octanol–water partition coefficient (Wildman–Crippen LogP) is 5.95. The van der Waals surface area contributed by atoms with Crippen molar-refractivity contribution in [3.8, 4) is 11.3 Å². The maximum Gasteiger partial charge on any atom is 0.339 e. The van der Waals surface area contributed by atoms with E-state index in [9.17, 15) is 23.6 Å². The first-order valence-corrected chi connectivity index (χ1v) is 14.8. The number of rotatable bonds is 6. The van der Waals surface area contributed by atoms with Crippen molar-refractivity contribution in [3.63, 3.8) is 0 Å². The number of benzene rings is 3. The molecule has 3 fully saturated rings. The van der Waals surface area contributed by atoms with Crippen LogP contribution in [0.5, 0.6) is 0 Å². The van der Waals surface area contributed by atoms with Gasteiger partial charge in [-0.1, -0.05) is 42.5 Å². The molecule has 0 spiro atoms. The molecule has 8 heteroatoms. The molecule has 0 radical (unpaired) electrons. The van der Waals surface area contributed by atoms with Crippen LogP contribution in [0.25, 0.3) is 22.2 Å². The second-order valence-electron chi connectivity index (χ2n) is 12.2. The lowest BCUT2D eigenvalue weighted by molar-refractivity contribution is -0.124. The zero-order valence-electron chi connectivity index (χ0n) is 23.8. The van der Waals surface area contributed by atoms with Crippen LogP contribution < -0.4 is 4.90 Å². The van der Waals surface area contributed by atoms with Gasteiger partial charge in [-0.25, -0.2) is 14.2 Å². The van der Waals surface area contributed by atoms with Crippen molar-refractivity contribution in [2.24, 2.45) is 35.5 Å². The Kier molecular flexibility index (Phi) is 5.92. The first-order chi connectivity index (χ1) is 21.3. The zero-order chi connectivity index (χ0) is 30.3. The molecule has 7 nitrogen and oxygen atoms in total. The minimum absolute atomic E-state index is 0.114. The summed E-state index contributed by atoms with van der Waals surface area (Å²) in [5.74, 6) is -0.976. The van der Waals surface area contributed by atoms with Crippen LogP contribution in [0.2, 0.25) is 0 Å². The Labute approximate surface area is 252 Å². The smallest absolute Gasteiger partial charge is 0.339 e. The summed E-state index contributed by atoms with van der Waals surface area (Å²) in [6.45, 7) is 1.40. The highest BCUT2D eigenvalue weighted by atomic mass is 19.1. The number of esters is 1. The quantitative estimate of drug-likeness (QED) is 0.120. The topological polar surface area (TPSA) is 93.6 Å². The molecule has 2 amide bonds. The van der Waals surface area contributed by atoms with E-state index in [2.05, 4.69) is 12.2 Å². The standard InChI is InChI=1S/C36H27FN2O5/c1-18-3-2-4-25-28(36(43)44-17-30(40)20-5-9-21(37)10-6-20)16-29(38-33(18)25)19-7-11-22(12-8-19)39-34(41)31-23-13-14-24(27-15-26(23)27)32(31)35(39)42/h2-14,16,23-24,26-27,31-32H,15,17H2,1H3. The fourth-order valence-electron chi connectivity index (χ4n) is 7.63. The Morgan fingerprint density at radius 2 is 1.57 bits per heavy atom. The molecule has 1 aliphatic heterocycles. The fraction of sp³-hybridized carbons (Fsp3) is 0.250. The molecule has 5 aliphatic rings. The molecule has 4 aliphatic carbocycles. The number of fused-ring (bicyclic) bond motifs is 1. The zero-order valence-corrected chi connectivity index (χ0v) is 23.8. The normalized spacial score (nSPS) is 26.1. The summed E-state index contributed by atoms with van der Waals surface area (Å²) in [6, 6.07) is 19.3. The molecule has 6 atom stereocenters. The highest BCUT2D eigenvalue weighted by Crippen LogP contribution is 2.65. The summed E-state index contributed by atoms with van der Waals surface area (Å²) in [6.07, 6.45) is 5.43. The average Bonchev–Trinajstić information content (AvgIpc) is 3.82. The molecule has 1 aromatic heterocycles. The lowest BCUT2D eigenvalue weighted by Gasteiger charge is -2.37. The van der Waals surface area contributed by atoms with Gasteiger partial charge < -0.3 is 4.74 Å². The van der Waals surface area contributed by atoms with Crippen LogP contribution in [0.15, 0.2) is 84.9 Å². The van der Waals surface area contributed by atoms with Gasteiger partial charge in [-0.05, 0) is 85.0 Å². The molecule has 218 valence electrons. The van der Waals surface area contributed by atoms with E-state index in [1.54, 1.807) is 36.4 Å². The minimum Gasteiger partial charge on any atom is -0.454 e. The number of Topliss-reactive ketones (excluding diaryl/α,β-unsaturated/α-hetero) is 1. The van der Waals surface area contributed by atoms with Crippen molar-refractivity contribution < 1.29 is 28.3 Å². The van der Waals surface area contributed by atoms with Crippen LogP contribution in [-0.4, -0.2) is 35.2 Å². The van der Waals surface area contributed by atoms with Crippen LogP contribution in [0, 0.1) is 48.2 Å². The summed E-state index contributed by atoms with van der Waals surface area (Å²) in [4.78, 5) is 59.1. The number of amides is 2. The number of aromatic nitrogens is 1. The van der Waals surface area contributed by atoms with Gasteiger partial charge in [0.15, 0.2) is 12.4 Å². The van der Waals surface area contributed by atoms with Gasteiger partial charge in [0.2, 0.25) is 11.8 Å². The number of halogens is 1. The first-order valence-electron chi connectivity index (χ1n) is 14.8. The van der Waals surface area contributed by atoms with Crippen LogP contribution in [0.4, 0.5) is 10.1 Å². The number of aryl methyl sites for hydroxylation is 1. The Bertz CT molecular complexity index is 1900. The molecule has 0 N–H and O–H groups in total. The number of ether oxygens (including phenoxy) is 1. The third-order valence-corrected chi connectivity index (χ3v) is 9.85. The number of hydrogen-bond acceptors (Lipinski definition) is 6. The van der Waals surface area contributed by atoms with Gasteiger partial charge in [-0.2, -0.15) is 0 Å². The third-order valence-electron chi connectivity index (χ3n) is 9.85. The molecular weight excluding hydrogens is 559 g/mol. The second kappa shape index (κ2) is 9.77. The Balaban J connectivity index is 1.07. The molecule has 2 bridgehead atoms. The van der Waals surface area contributed by atoms with Crippen molar-refractivity contribution in [1.29, 1.82) is 0 Å². The minimum atomic E-state index is -0.687. The number of anilines is 1. The summed E-state index contributed by atoms with van der Waals surface area (Å²) in [7, 11) is 0. The Hall–Kier alpha value is -4.98. The highest BCUT2D eigenvalue weighted by molar-refractivity contribution is 6.22. The van der Waals surface area contributed by atoms with E-state index in [1.807, 2.05) is 19.1 Å². The van der Waals surface area contributed by atoms with Gasteiger partial charge in [0.05, 0.1) is 34.3 Å². The van der Waals surface area contributed by atoms with Crippen molar-refractivity contribution in [3.05, 3.63) is 107 Å². The molecular formula is C36H27FN2O5. The van der Waals surface area contributed by atoms with Crippen LogP contribution in [0.3, 0.4) is 0 Å². The van der Waals surface area contributed by atoms with Crippen molar-refractivity contribution in [2.75, 3.05) is 11.5 Å². The molecule has 6 unspecified atom stereocenters. The summed E-state index contributed by atoms with van der Waals surface area (Å²) < 4.78 is 18.7. The monoisotopic (exact) mass is 586 g/mol. The number of imide groups is 1. The van der Waals surface area contributed by atoms with Gasteiger partial charge in [-0.3, -0.25) is 19.3 Å². The third kappa shape index (κ3) is 4.04. The molecule has 4 aromatic rings. The predicted molar refractivity (Wildman–Crippen MR) is 160 cm³/mol. The number of allylic oxidation sites excluding steroid dienone is 2. The summed E-state index contributed by atoms with van der Waals surface area (Å²) >= 11 is 0. The van der Waals surface area contributed by atoms with Gasteiger partial charge in [-0.15, -0.1) is 0 Å². The van der Waals surface area contributed by atoms with E-state index in [0.29, 0.717) is 39.7 Å². The largest absolute Gasteiger partial charge is 0.454 e. The van der Waals surface area contributed by atoms with Crippen molar-refractivity contribution >= 4 is 40.2 Å². The summed E-state index contributed by atoms with van der Waals surface area (Å²) in [5.41, 5.74) is 3.68. The van der Waals surface area contributed by atoms with Crippen LogP contribution in [0.1, 0.15) is 32.7 Å². The molecule has 3 aromatic carbocycles. The Morgan fingerprint density at radius 1 is 0.909 bits per heavy atom. The lowest BCUT2D eigenvalue weighted by atomic mass is 9.63. The van der Waals surface area contributed by atoms with E-state index in [0.717, 1.165) is 12.0 Å². The van der Waals surface area contributed by atoms with Crippen molar-refractivity contribution in [2.45, 2.75) is 13.3 Å². The molecule has 2 saturated carbocycles. The van der Waals surface area contributed by atoms with Crippen LogP contribution in [-0.2, 0) is 14.3 Å². The SMILES string of the molecule is Cc1cccc2c(C(=O)OCC(=O)c3ccc(F)cc3)cc(-c3ccc(N4C(=O)C5C6C=CC(C7CC67)C5C4=O)cc3)nc12. The number of carbonyl (C=O) groups excluding carboxylic acids is 4. The van der Waals surface area contributed by atoms with E-state index in [-0.39, 0.29) is 46.6 Å².